The molecule has 3 fully saturated rings. The van der Waals surface area contributed by atoms with Gasteiger partial charge < -0.3 is 24.8 Å². The van der Waals surface area contributed by atoms with Crippen LogP contribution in [-0.2, 0) is 9.53 Å². The number of piperazine rings is 1. The zero-order chi connectivity index (χ0) is 19.1. The summed E-state index contributed by atoms with van der Waals surface area (Å²) in [6, 6.07) is 0. The van der Waals surface area contributed by atoms with Gasteiger partial charge in [0.2, 0.25) is 0 Å². The van der Waals surface area contributed by atoms with E-state index >= 15 is 0 Å². The monoisotopic (exact) mass is 507 g/mol. The average Bonchev–Trinajstić information content (AvgIpc) is 3.37. The summed E-state index contributed by atoms with van der Waals surface area (Å²) in [6.07, 6.45) is 4.16. The van der Waals surface area contributed by atoms with Gasteiger partial charge >= 0.3 is 0 Å². The van der Waals surface area contributed by atoms with Crippen LogP contribution < -0.4 is 5.32 Å². The Hall–Kier alpha value is -0.610. The Morgan fingerprint density at radius 2 is 1.86 bits per heavy atom. The molecule has 7 nitrogen and oxygen atoms in total. The second kappa shape index (κ2) is 12.2. The Morgan fingerprint density at radius 3 is 2.50 bits per heavy atom. The quantitative estimate of drug-likeness (QED) is 0.337. The van der Waals surface area contributed by atoms with Gasteiger partial charge in [-0.05, 0) is 51.6 Å². The average molecular weight is 507 g/mol. The number of aliphatic imine (C=N–C) groups is 1. The van der Waals surface area contributed by atoms with E-state index < -0.39 is 0 Å². The standard InChI is InChI=1S/C20H37N5O2.HI/c1-3-8-23-9-7-17(16-23)15-22-20(21-4-2)25-12-10-24(11-13-25)19(26)18-6-5-14-27-18;/h17-18H,3-16H2,1-2H3,(H,21,22);1H. The van der Waals surface area contributed by atoms with Crippen molar-refractivity contribution in [2.45, 2.75) is 45.6 Å². The highest BCUT2D eigenvalue weighted by atomic mass is 127. The van der Waals surface area contributed by atoms with Gasteiger partial charge in [0.25, 0.3) is 5.91 Å². The van der Waals surface area contributed by atoms with Crippen LogP contribution in [0.15, 0.2) is 4.99 Å². The molecule has 0 aromatic heterocycles. The minimum Gasteiger partial charge on any atom is -0.368 e. The molecule has 0 bridgehead atoms. The zero-order valence-corrected chi connectivity index (χ0v) is 19.9. The van der Waals surface area contributed by atoms with Crippen molar-refractivity contribution < 1.29 is 9.53 Å². The SMILES string of the molecule is CCCN1CCC(CN=C(NCC)N2CCN(C(=O)C3CCCO3)CC2)C1.I. The molecule has 0 saturated carbocycles. The number of halogens is 1. The Kier molecular flexibility index (Phi) is 10.3. The molecule has 0 aromatic carbocycles. The van der Waals surface area contributed by atoms with Gasteiger partial charge in [-0.15, -0.1) is 24.0 Å². The summed E-state index contributed by atoms with van der Waals surface area (Å²) in [7, 11) is 0. The topological polar surface area (TPSA) is 60.4 Å². The van der Waals surface area contributed by atoms with E-state index in [1.54, 1.807) is 0 Å². The lowest BCUT2D eigenvalue weighted by molar-refractivity contribution is -0.142. The lowest BCUT2D eigenvalue weighted by Crippen LogP contribution is -2.55. The molecule has 162 valence electrons. The predicted molar refractivity (Wildman–Crippen MR) is 123 cm³/mol. The molecule has 0 aromatic rings. The molecule has 3 saturated heterocycles. The summed E-state index contributed by atoms with van der Waals surface area (Å²) in [5.74, 6) is 1.86. The van der Waals surface area contributed by atoms with Gasteiger partial charge in [0, 0.05) is 52.4 Å². The summed E-state index contributed by atoms with van der Waals surface area (Å²) in [5.41, 5.74) is 0. The van der Waals surface area contributed by atoms with Crippen LogP contribution in [0.1, 0.15) is 39.5 Å². The fourth-order valence-corrected chi connectivity index (χ4v) is 4.34. The second-order valence-electron chi connectivity index (χ2n) is 7.96. The molecule has 2 unspecified atom stereocenters. The van der Waals surface area contributed by atoms with E-state index in [1.165, 1.54) is 32.5 Å². The van der Waals surface area contributed by atoms with Gasteiger partial charge in [0.05, 0.1) is 0 Å². The van der Waals surface area contributed by atoms with Crippen LogP contribution in [0.25, 0.3) is 0 Å². The third-order valence-electron chi connectivity index (χ3n) is 5.84. The number of guanidine groups is 1. The fraction of sp³-hybridized carbons (Fsp3) is 0.900. The molecule has 1 N–H and O–H groups in total. The molecular weight excluding hydrogens is 469 g/mol. The Bertz CT molecular complexity index is 505. The number of rotatable bonds is 6. The van der Waals surface area contributed by atoms with Crippen molar-refractivity contribution in [2.24, 2.45) is 10.9 Å². The van der Waals surface area contributed by atoms with E-state index in [4.69, 9.17) is 9.73 Å². The van der Waals surface area contributed by atoms with Crippen molar-refractivity contribution >= 4 is 35.8 Å². The maximum absolute atomic E-state index is 12.5. The van der Waals surface area contributed by atoms with Crippen molar-refractivity contribution in [2.75, 3.05) is 65.5 Å². The first-order valence-corrected chi connectivity index (χ1v) is 10.9. The molecule has 0 aliphatic carbocycles. The summed E-state index contributed by atoms with van der Waals surface area (Å²) in [4.78, 5) is 24.3. The van der Waals surface area contributed by atoms with Crippen molar-refractivity contribution in [1.82, 2.24) is 20.0 Å². The number of nitrogens with one attached hydrogen (secondary N) is 1. The lowest BCUT2D eigenvalue weighted by Gasteiger charge is -2.37. The van der Waals surface area contributed by atoms with Crippen molar-refractivity contribution in [1.29, 1.82) is 0 Å². The summed E-state index contributed by atoms with van der Waals surface area (Å²) in [6.45, 7) is 13.7. The molecule has 0 radical (unpaired) electrons. The molecule has 8 heteroatoms. The molecule has 2 atom stereocenters. The van der Waals surface area contributed by atoms with Crippen molar-refractivity contribution in [3.05, 3.63) is 0 Å². The Labute approximate surface area is 187 Å². The first kappa shape index (κ1) is 23.7. The zero-order valence-electron chi connectivity index (χ0n) is 17.6. The number of amides is 1. The van der Waals surface area contributed by atoms with E-state index in [-0.39, 0.29) is 36.0 Å². The normalized spacial score (nSPS) is 26.4. The number of likely N-dealkylation sites (tertiary alicyclic amines) is 1. The highest BCUT2D eigenvalue weighted by Gasteiger charge is 2.31. The van der Waals surface area contributed by atoms with Crippen LogP contribution in [0.4, 0.5) is 0 Å². The van der Waals surface area contributed by atoms with Gasteiger partial charge in [-0.2, -0.15) is 0 Å². The third kappa shape index (κ3) is 6.45. The molecular formula is C20H38IN5O2. The van der Waals surface area contributed by atoms with Crippen molar-refractivity contribution in [3.8, 4) is 0 Å². The first-order valence-electron chi connectivity index (χ1n) is 10.9. The number of hydrogen-bond donors (Lipinski definition) is 1. The molecule has 3 aliphatic heterocycles. The minimum atomic E-state index is -0.202. The lowest BCUT2D eigenvalue weighted by atomic mass is 10.1. The van der Waals surface area contributed by atoms with E-state index in [1.807, 2.05) is 4.90 Å². The number of ether oxygens (including phenoxy) is 1. The molecule has 0 spiro atoms. The number of hydrogen-bond acceptors (Lipinski definition) is 4. The maximum atomic E-state index is 12.5. The predicted octanol–water partition coefficient (Wildman–Crippen LogP) is 1.63. The molecule has 3 aliphatic rings. The van der Waals surface area contributed by atoms with E-state index in [2.05, 4.69) is 29.0 Å². The Morgan fingerprint density at radius 1 is 1.11 bits per heavy atom. The highest BCUT2D eigenvalue weighted by molar-refractivity contribution is 14.0. The molecule has 1 amide bonds. The third-order valence-corrected chi connectivity index (χ3v) is 5.84. The van der Waals surface area contributed by atoms with Crippen LogP contribution in [-0.4, -0.2) is 98.2 Å². The van der Waals surface area contributed by atoms with Crippen LogP contribution in [0, 0.1) is 5.92 Å². The summed E-state index contributed by atoms with van der Waals surface area (Å²) < 4.78 is 5.56. The smallest absolute Gasteiger partial charge is 0.251 e. The van der Waals surface area contributed by atoms with E-state index in [9.17, 15) is 4.79 Å². The number of carbonyl (C=O) groups is 1. The Balaban J connectivity index is 0.00000280. The summed E-state index contributed by atoms with van der Waals surface area (Å²) in [5, 5.41) is 3.45. The largest absolute Gasteiger partial charge is 0.368 e. The first-order chi connectivity index (χ1) is 13.2. The fourth-order valence-electron chi connectivity index (χ4n) is 4.34. The second-order valence-corrected chi connectivity index (χ2v) is 7.96. The van der Waals surface area contributed by atoms with Crippen LogP contribution in [0.2, 0.25) is 0 Å². The van der Waals surface area contributed by atoms with Gasteiger partial charge in [0.1, 0.15) is 6.10 Å². The van der Waals surface area contributed by atoms with Crippen LogP contribution >= 0.6 is 24.0 Å². The molecule has 28 heavy (non-hydrogen) atoms. The van der Waals surface area contributed by atoms with Gasteiger partial charge in [-0.3, -0.25) is 9.79 Å². The minimum absolute atomic E-state index is 0. The molecule has 3 heterocycles. The van der Waals surface area contributed by atoms with Gasteiger partial charge in [0.15, 0.2) is 5.96 Å². The maximum Gasteiger partial charge on any atom is 0.251 e. The number of carbonyl (C=O) groups excluding carboxylic acids is 1. The highest BCUT2D eigenvalue weighted by Crippen LogP contribution is 2.18. The summed E-state index contributed by atoms with van der Waals surface area (Å²) >= 11 is 0. The van der Waals surface area contributed by atoms with Crippen LogP contribution in [0.5, 0.6) is 0 Å². The van der Waals surface area contributed by atoms with Crippen LogP contribution in [0.3, 0.4) is 0 Å². The van der Waals surface area contributed by atoms with Crippen molar-refractivity contribution in [3.63, 3.8) is 0 Å². The number of nitrogens with zero attached hydrogens (tertiary/aromatic N) is 4. The van der Waals surface area contributed by atoms with E-state index in [0.717, 1.165) is 64.7 Å². The van der Waals surface area contributed by atoms with Gasteiger partial charge in [-0.25, -0.2) is 0 Å². The van der Waals surface area contributed by atoms with Gasteiger partial charge in [-0.1, -0.05) is 6.92 Å². The van der Waals surface area contributed by atoms with E-state index in [0.29, 0.717) is 5.92 Å². The molecule has 3 rings (SSSR count).